The molecule has 2 atom stereocenters. The number of allylic oxidation sites excluding steroid dienone is 4. The molecular formula is C48H92NO8P. The number of phosphoric acid groups is 1. The third kappa shape index (κ3) is 44.1. The van der Waals surface area contributed by atoms with Gasteiger partial charge in [-0.1, -0.05) is 167 Å². The molecule has 0 N–H and O–H groups in total. The van der Waals surface area contributed by atoms with Crippen LogP contribution in [0.15, 0.2) is 24.3 Å². The molecule has 0 aliphatic rings. The standard InChI is InChI=1S/C48H92NO8P/c1-6-8-10-12-14-16-18-20-22-23-24-25-27-29-31-33-35-37-39-41-48(51)57-46(45-56-58(52,53)55-43-42-49(3,4)5)44-54-47(50)40-38-36-34-32-30-28-26-21-19-17-15-13-11-9-7-2/h17,19-20,22,46H,6-16,18,21,23-45H2,1-5H3/b19-17-,22-20-/t46-/m1/s1. The first-order valence-corrected chi connectivity index (χ1v) is 25.5. The zero-order valence-corrected chi connectivity index (χ0v) is 39.4. The number of rotatable bonds is 44. The van der Waals surface area contributed by atoms with E-state index in [0.29, 0.717) is 17.4 Å². The first-order chi connectivity index (χ1) is 28.0. The SMILES string of the molecule is CCCCCC/C=C\CCCCCCCCCC(=O)OC[C@H](COP(=O)([O-])OCC[N+](C)(C)C)OC(=O)CCCCCCCCCCC/C=C\CCCCCCCC. The molecule has 0 bridgehead atoms. The Bertz CT molecular complexity index is 1040. The first-order valence-electron chi connectivity index (χ1n) is 24.0. The summed E-state index contributed by atoms with van der Waals surface area (Å²) in [5, 5.41) is 0. The Balaban J connectivity index is 4.29. The minimum absolute atomic E-state index is 0.0304. The number of hydrogen-bond donors (Lipinski definition) is 0. The average molecular weight is 842 g/mol. The van der Waals surface area contributed by atoms with Crippen molar-refractivity contribution >= 4 is 19.8 Å². The summed E-state index contributed by atoms with van der Waals surface area (Å²) >= 11 is 0. The van der Waals surface area contributed by atoms with Gasteiger partial charge in [0.2, 0.25) is 0 Å². The van der Waals surface area contributed by atoms with E-state index in [1.54, 1.807) is 0 Å². The summed E-state index contributed by atoms with van der Waals surface area (Å²) in [6, 6.07) is 0. The highest BCUT2D eigenvalue weighted by Gasteiger charge is 2.21. The van der Waals surface area contributed by atoms with Crippen molar-refractivity contribution in [2.75, 3.05) is 47.5 Å². The highest BCUT2D eigenvalue weighted by atomic mass is 31.2. The van der Waals surface area contributed by atoms with Crippen molar-refractivity contribution in [2.45, 2.75) is 225 Å². The predicted octanol–water partition coefficient (Wildman–Crippen LogP) is 13.3. The van der Waals surface area contributed by atoms with E-state index in [9.17, 15) is 19.0 Å². The van der Waals surface area contributed by atoms with Gasteiger partial charge in [0.15, 0.2) is 6.10 Å². The second-order valence-corrected chi connectivity index (χ2v) is 18.9. The van der Waals surface area contributed by atoms with Crippen LogP contribution in [-0.4, -0.2) is 70.0 Å². The zero-order chi connectivity index (χ0) is 42.8. The maximum Gasteiger partial charge on any atom is 0.306 e. The van der Waals surface area contributed by atoms with E-state index in [1.807, 2.05) is 21.1 Å². The zero-order valence-electron chi connectivity index (χ0n) is 38.5. The lowest BCUT2D eigenvalue weighted by atomic mass is 10.1. The Kier molecular flexibility index (Phi) is 39.8. The van der Waals surface area contributed by atoms with Gasteiger partial charge in [0.25, 0.3) is 7.82 Å². The Morgan fingerprint density at radius 3 is 1.29 bits per heavy atom. The third-order valence-corrected chi connectivity index (χ3v) is 11.4. The Hall–Kier alpha value is -1.51. The lowest BCUT2D eigenvalue weighted by Gasteiger charge is -2.28. The fraction of sp³-hybridized carbons (Fsp3) is 0.875. The largest absolute Gasteiger partial charge is 0.756 e. The Morgan fingerprint density at radius 2 is 0.879 bits per heavy atom. The first kappa shape index (κ1) is 56.5. The van der Waals surface area contributed by atoms with Crippen molar-refractivity contribution in [1.82, 2.24) is 0 Å². The number of ether oxygens (including phenoxy) is 2. The highest BCUT2D eigenvalue weighted by Crippen LogP contribution is 2.38. The number of nitrogens with zero attached hydrogens (tertiary/aromatic N) is 1. The molecule has 0 fully saturated rings. The summed E-state index contributed by atoms with van der Waals surface area (Å²) in [5.41, 5.74) is 0. The minimum Gasteiger partial charge on any atom is -0.756 e. The van der Waals surface area contributed by atoms with Gasteiger partial charge in [0.05, 0.1) is 27.7 Å². The summed E-state index contributed by atoms with van der Waals surface area (Å²) in [4.78, 5) is 37.6. The molecule has 0 spiro atoms. The normalized spacial score (nSPS) is 13.7. The minimum atomic E-state index is -4.63. The van der Waals surface area contributed by atoms with E-state index in [1.165, 1.54) is 135 Å². The number of phosphoric ester groups is 1. The Labute approximate surface area is 358 Å². The van der Waals surface area contributed by atoms with Gasteiger partial charge >= 0.3 is 11.9 Å². The quantitative estimate of drug-likeness (QED) is 0.0196. The van der Waals surface area contributed by atoms with Crippen molar-refractivity contribution in [3.63, 3.8) is 0 Å². The van der Waals surface area contributed by atoms with E-state index in [-0.39, 0.29) is 32.0 Å². The van der Waals surface area contributed by atoms with Crippen LogP contribution in [0, 0.1) is 0 Å². The summed E-state index contributed by atoms with van der Waals surface area (Å²) in [7, 11) is 1.17. The summed E-state index contributed by atoms with van der Waals surface area (Å²) in [5.74, 6) is -0.835. The molecule has 0 saturated carbocycles. The maximum absolute atomic E-state index is 12.7. The van der Waals surface area contributed by atoms with Crippen LogP contribution < -0.4 is 4.89 Å². The van der Waals surface area contributed by atoms with Gasteiger partial charge in [-0.05, 0) is 64.2 Å². The van der Waals surface area contributed by atoms with Crippen molar-refractivity contribution in [1.29, 1.82) is 0 Å². The average Bonchev–Trinajstić information content (AvgIpc) is 3.17. The van der Waals surface area contributed by atoms with Gasteiger partial charge in [-0.2, -0.15) is 0 Å². The molecule has 0 heterocycles. The predicted molar refractivity (Wildman–Crippen MR) is 241 cm³/mol. The van der Waals surface area contributed by atoms with Crippen LogP contribution in [-0.2, 0) is 32.7 Å². The molecule has 10 heteroatoms. The molecule has 0 aliphatic heterocycles. The number of esters is 2. The van der Waals surface area contributed by atoms with E-state index in [0.717, 1.165) is 51.4 Å². The molecule has 0 aliphatic carbocycles. The van der Waals surface area contributed by atoms with Gasteiger partial charge in [-0.3, -0.25) is 14.2 Å². The summed E-state index contributed by atoms with van der Waals surface area (Å²) < 4.78 is 34.0. The van der Waals surface area contributed by atoms with Crippen LogP contribution in [0.5, 0.6) is 0 Å². The van der Waals surface area contributed by atoms with Crippen LogP contribution in [0.2, 0.25) is 0 Å². The number of unbranched alkanes of at least 4 members (excludes halogenated alkanes) is 26. The van der Waals surface area contributed by atoms with Crippen molar-refractivity contribution in [3.8, 4) is 0 Å². The number of likely N-dealkylation sites (N-methyl/N-ethyl adjacent to an activating group) is 1. The topological polar surface area (TPSA) is 111 Å². The molecule has 342 valence electrons. The van der Waals surface area contributed by atoms with Crippen LogP contribution in [0.4, 0.5) is 0 Å². The molecule has 58 heavy (non-hydrogen) atoms. The summed E-state index contributed by atoms with van der Waals surface area (Å²) in [6.45, 7) is 4.23. The van der Waals surface area contributed by atoms with E-state index in [4.69, 9.17) is 18.5 Å². The molecular weight excluding hydrogens is 750 g/mol. The molecule has 0 aromatic rings. The third-order valence-electron chi connectivity index (χ3n) is 10.4. The van der Waals surface area contributed by atoms with E-state index in [2.05, 4.69) is 38.2 Å². The van der Waals surface area contributed by atoms with Crippen molar-refractivity contribution in [2.24, 2.45) is 0 Å². The fourth-order valence-electron chi connectivity index (χ4n) is 6.64. The maximum atomic E-state index is 12.7. The highest BCUT2D eigenvalue weighted by molar-refractivity contribution is 7.45. The molecule has 9 nitrogen and oxygen atoms in total. The number of quaternary nitrogens is 1. The smallest absolute Gasteiger partial charge is 0.306 e. The van der Waals surface area contributed by atoms with E-state index < -0.39 is 26.5 Å². The monoisotopic (exact) mass is 842 g/mol. The van der Waals surface area contributed by atoms with E-state index >= 15 is 0 Å². The molecule has 0 radical (unpaired) electrons. The van der Waals surface area contributed by atoms with Gasteiger partial charge < -0.3 is 27.9 Å². The second-order valence-electron chi connectivity index (χ2n) is 17.5. The Morgan fingerprint density at radius 1 is 0.517 bits per heavy atom. The number of carbonyl (C=O) groups is 2. The molecule has 0 saturated heterocycles. The van der Waals surface area contributed by atoms with Gasteiger partial charge in [-0.25, -0.2) is 0 Å². The van der Waals surface area contributed by atoms with Gasteiger partial charge in [0, 0.05) is 12.8 Å². The van der Waals surface area contributed by atoms with Crippen molar-refractivity contribution in [3.05, 3.63) is 24.3 Å². The molecule has 0 aromatic heterocycles. The van der Waals surface area contributed by atoms with Gasteiger partial charge in [-0.15, -0.1) is 0 Å². The lowest BCUT2D eigenvalue weighted by molar-refractivity contribution is -0.870. The summed E-state index contributed by atoms with van der Waals surface area (Å²) in [6.07, 6.45) is 44.8. The molecule has 0 aromatic carbocycles. The lowest BCUT2D eigenvalue weighted by Crippen LogP contribution is -2.37. The molecule has 0 rings (SSSR count). The van der Waals surface area contributed by atoms with Crippen LogP contribution >= 0.6 is 7.82 Å². The van der Waals surface area contributed by atoms with Crippen LogP contribution in [0.1, 0.15) is 219 Å². The number of hydrogen-bond acceptors (Lipinski definition) is 8. The fourth-order valence-corrected chi connectivity index (χ4v) is 7.37. The molecule has 1 unspecified atom stereocenters. The second kappa shape index (κ2) is 40.9. The van der Waals surface area contributed by atoms with Crippen LogP contribution in [0.3, 0.4) is 0 Å². The molecule has 0 amide bonds. The van der Waals surface area contributed by atoms with Crippen molar-refractivity contribution < 1.29 is 42.1 Å². The number of carbonyl (C=O) groups excluding carboxylic acids is 2. The van der Waals surface area contributed by atoms with Crippen LogP contribution in [0.25, 0.3) is 0 Å². The van der Waals surface area contributed by atoms with Gasteiger partial charge in [0.1, 0.15) is 19.8 Å².